The van der Waals surface area contributed by atoms with Gasteiger partial charge in [-0.05, 0) is 43.7 Å². The Kier molecular flexibility index (Phi) is 7.65. The number of esters is 1. The number of carbonyl (C=O) groups excluding carboxylic acids is 3. The van der Waals surface area contributed by atoms with E-state index in [-0.39, 0.29) is 17.2 Å². The molecule has 0 saturated carbocycles. The summed E-state index contributed by atoms with van der Waals surface area (Å²) in [6.07, 6.45) is 0.0991. The van der Waals surface area contributed by atoms with E-state index in [1.807, 2.05) is 19.3 Å². The highest BCUT2D eigenvalue weighted by Crippen LogP contribution is 2.08. The Balaban J connectivity index is 1.77. The third-order valence-corrected chi connectivity index (χ3v) is 3.54. The topological polar surface area (TPSA) is 93.7 Å². The maximum Gasteiger partial charge on any atom is 0.338 e. The van der Waals surface area contributed by atoms with Crippen LogP contribution in [0, 0.1) is 5.82 Å². The van der Waals surface area contributed by atoms with Gasteiger partial charge in [0.2, 0.25) is 0 Å². The van der Waals surface area contributed by atoms with E-state index in [1.54, 1.807) is 24.3 Å². The Morgan fingerprint density at radius 2 is 1.68 bits per heavy atom. The zero-order chi connectivity index (χ0) is 20.5. The Hall–Kier alpha value is -3.26. The van der Waals surface area contributed by atoms with E-state index in [9.17, 15) is 18.8 Å². The zero-order valence-corrected chi connectivity index (χ0v) is 15.5. The summed E-state index contributed by atoms with van der Waals surface area (Å²) in [5.74, 6) is -2.99. The molecule has 0 saturated heterocycles. The highest BCUT2D eigenvalue weighted by atomic mass is 19.1. The largest absolute Gasteiger partial charge is 0.452 e. The average molecular weight is 388 g/mol. The molecule has 0 aromatic heterocycles. The molecule has 0 radical (unpaired) electrons. The summed E-state index contributed by atoms with van der Waals surface area (Å²) < 4.78 is 23.8. The van der Waals surface area contributed by atoms with E-state index < -0.39 is 30.2 Å². The number of carbonyl (C=O) groups is 3. The molecule has 2 aromatic carbocycles. The number of benzene rings is 2. The summed E-state index contributed by atoms with van der Waals surface area (Å²) in [7, 11) is 0. The lowest BCUT2D eigenvalue weighted by molar-refractivity contribution is -0.125. The van der Waals surface area contributed by atoms with E-state index in [2.05, 4.69) is 5.43 Å². The van der Waals surface area contributed by atoms with Crippen LogP contribution < -0.4 is 10.9 Å². The van der Waals surface area contributed by atoms with Gasteiger partial charge in [-0.3, -0.25) is 20.4 Å². The van der Waals surface area contributed by atoms with E-state index in [1.165, 1.54) is 18.2 Å². The fourth-order valence-corrected chi connectivity index (χ4v) is 2.09. The first-order valence-corrected chi connectivity index (χ1v) is 8.58. The van der Waals surface area contributed by atoms with Crippen molar-refractivity contribution < 1.29 is 28.2 Å². The molecule has 2 amide bonds. The molecule has 0 heterocycles. The minimum atomic E-state index is -0.822. The molecule has 2 N–H and O–H groups in total. The fourth-order valence-electron chi connectivity index (χ4n) is 2.09. The lowest BCUT2D eigenvalue weighted by Crippen LogP contribution is -2.43. The summed E-state index contributed by atoms with van der Waals surface area (Å²) in [5, 5.41) is 0. The van der Waals surface area contributed by atoms with Crippen LogP contribution in [0.3, 0.4) is 0 Å². The Morgan fingerprint density at radius 3 is 2.32 bits per heavy atom. The standard InChI is InChI=1S/C20H21FN2O5/c1-13(2)27-11-14-7-9-15(10-8-14)20(26)28-12-18(24)22-23-19(25)16-5-3-4-6-17(16)21/h3-10,13H,11-12H2,1-2H3,(H,22,24)(H,23,25). The predicted molar refractivity (Wildman–Crippen MR) is 98.7 cm³/mol. The number of hydrogen-bond acceptors (Lipinski definition) is 5. The molecule has 0 aliphatic rings. The number of ether oxygens (including phenoxy) is 2. The molecule has 0 spiro atoms. The van der Waals surface area contributed by atoms with Gasteiger partial charge < -0.3 is 9.47 Å². The second kappa shape index (κ2) is 10.2. The van der Waals surface area contributed by atoms with Gasteiger partial charge in [0.25, 0.3) is 11.8 Å². The molecule has 148 valence electrons. The van der Waals surface area contributed by atoms with Gasteiger partial charge in [0, 0.05) is 0 Å². The zero-order valence-electron chi connectivity index (χ0n) is 15.5. The van der Waals surface area contributed by atoms with Crippen molar-refractivity contribution in [3.63, 3.8) is 0 Å². The van der Waals surface area contributed by atoms with Gasteiger partial charge in [0.15, 0.2) is 6.61 Å². The summed E-state index contributed by atoms with van der Waals surface area (Å²) in [6, 6.07) is 11.9. The van der Waals surface area contributed by atoms with Crippen LogP contribution >= 0.6 is 0 Å². The SMILES string of the molecule is CC(C)OCc1ccc(C(=O)OCC(=O)NNC(=O)c2ccccc2F)cc1. The third-order valence-electron chi connectivity index (χ3n) is 3.54. The highest BCUT2D eigenvalue weighted by Gasteiger charge is 2.13. The molecule has 0 unspecified atom stereocenters. The molecular formula is C20H21FN2O5. The van der Waals surface area contributed by atoms with Crippen molar-refractivity contribution in [2.24, 2.45) is 0 Å². The predicted octanol–water partition coefficient (Wildman–Crippen LogP) is 2.37. The van der Waals surface area contributed by atoms with Gasteiger partial charge in [-0.1, -0.05) is 24.3 Å². The van der Waals surface area contributed by atoms with E-state index >= 15 is 0 Å². The Bertz CT molecular complexity index is 837. The number of hydrazine groups is 1. The van der Waals surface area contributed by atoms with Gasteiger partial charge in [-0.2, -0.15) is 0 Å². The number of rotatable bonds is 7. The lowest BCUT2D eigenvalue weighted by atomic mass is 10.1. The van der Waals surface area contributed by atoms with Crippen molar-refractivity contribution >= 4 is 17.8 Å². The molecule has 0 bridgehead atoms. The second-order valence-corrected chi connectivity index (χ2v) is 6.11. The first kappa shape index (κ1) is 21.0. The number of amides is 2. The molecule has 0 aliphatic carbocycles. The number of nitrogens with one attached hydrogen (secondary N) is 2. The summed E-state index contributed by atoms with van der Waals surface area (Å²) in [5.41, 5.74) is 5.06. The maximum absolute atomic E-state index is 13.5. The average Bonchev–Trinajstić information content (AvgIpc) is 2.69. The quantitative estimate of drug-likeness (QED) is 0.561. The van der Waals surface area contributed by atoms with E-state index in [4.69, 9.17) is 9.47 Å². The maximum atomic E-state index is 13.5. The van der Waals surface area contributed by atoms with Crippen molar-refractivity contribution in [1.82, 2.24) is 10.9 Å². The van der Waals surface area contributed by atoms with Crippen molar-refractivity contribution in [2.45, 2.75) is 26.6 Å². The highest BCUT2D eigenvalue weighted by molar-refractivity contribution is 5.96. The molecular weight excluding hydrogens is 367 g/mol. The number of halogens is 1. The summed E-state index contributed by atoms with van der Waals surface area (Å²) in [6.45, 7) is 3.68. The Morgan fingerprint density at radius 1 is 1.00 bits per heavy atom. The van der Waals surface area contributed by atoms with Crippen molar-refractivity contribution in [3.05, 3.63) is 71.0 Å². The van der Waals surface area contributed by atoms with Crippen LogP contribution in [0.4, 0.5) is 4.39 Å². The molecule has 0 aliphatic heterocycles. The molecule has 2 aromatic rings. The summed E-state index contributed by atoms with van der Waals surface area (Å²) in [4.78, 5) is 35.4. The fraction of sp³-hybridized carbons (Fsp3) is 0.250. The van der Waals surface area contributed by atoms with Crippen LogP contribution in [0.5, 0.6) is 0 Å². The molecule has 28 heavy (non-hydrogen) atoms. The van der Waals surface area contributed by atoms with Gasteiger partial charge >= 0.3 is 5.97 Å². The van der Waals surface area contributed by atoms with Gasteiger partial charge in [-0.15, -0.1) is 0 Å². The monoisotopic (exact) mass is 388 g/mol. The van der Waals surface area contributed by atoms with E-state index in [0.29, 0.717) is 6.61 Å². The minimum Gasteiger partial charge on any atom is -0.452 e. The van der Waals surface area contributed by atoms with Crippen LogP contribution in [-0.4, -0.2) is 30.5 Å². The molecule has 0 fully saturated rings. The van der Waals surface area contributed by atoms with Crippen LogP contribution in [0.15, 0.2) is 48.5 Å². The normalized spacial score (nSPS) is 10.4. The van der Waals surface area contributed by atoms with Gasteiger partial charge in [0.05, 0.1) is 23.8 Å². The van der Waals surface area contributed by atoms with Crippen LogP contribution in [0.2, 0.25) is 0 Å². The van der Waals surface area contributed by atoms with Crippen LogP contribution in [-0.2, 0) is 20.9 Å². The van der Waals surface area contributed by atoms with Crippen LogP contribution in [0.25, 0.3) is 0 Å². The van der Waals surface area contributed by atoms with Crippen LogP contribution in [0.1, 0.15) is 40.1 Å². The molecule has 0 atom stereocenters. The van der Waals surface area contributed by atoms with E-state index in [0.717, 1.165) is 11.6 Å². The van der Waals surface area contributed by atoms with Crippen molar-refractivity contribution in [1.29, 1.82) is 0 Å². The Labute approximate surface area is 161 Å². The minimum absolute atomic E-state index is 0.0991. The first-order valence-electron chi connectivity index (χ1n) is 8.58. The lowest BCUT2D eigenvalue weighted by Gasteiger charge is -2.09. The van der Waals surface area contributed by atoms with Gasteiger partial charge in [-0.25, -0.2) is 9.18 Å². The number of hydrogen-bond donors (Lipinski definition) is 2. The molecule has 8 heteroatoms. The third kappa shape index (κ3) is 6.48. The van der Waals surface area contributed by atoms with Crippen molar-refractivity contribution in [3.8, 4) is 0 Å². The smallest absolute Gasteiger partial charge is 0.338 e. The molecule has 7 nitrogen and oxygen atoms in total. The second-order valence-electron chi connectivity index (χ2n) is 6.11. The summed E-state index contributed by atoms with van der Waals surface area (Å²) >= 11 is 0. The first-order chi connectivity index (χ1) is 13.4. The van der Waals surface area contributed by atoms with Crippen molar-refractivity contribution in [2.75, 3.05) is 6.61 Å². The van der Waals surface area contributed by atoms with Gasteiger partial charge in [0.1, 0.15) is 5.82 Å². The molecule has 2 rings (SSSR count).